The molecule has 0 atom stereocenters. The Morgan fingerprint density at radius 3 is 2.55 bits per heavy atom. The maximum Gasteiger partial charge on any atom is 0.272 e. The fourth-order valence-electron chi connectivity index (χ4n) is 2.85. The van der Waals surface area contributed by atoms with Crippen molar-refractivity contribution in [2.75, 3.05) is 12.4 Å². The van der Waals surface area contributed by atoms with E-state index in [1.54, 1.807) is 48.5 Å². The van der Waals surface area contributed by atoms with Crippen molar-refractivity contribution in [1.82, 2.24) is 5.32 Å². The van der Waals surface area contributed by atoms with Gasteiger partial charge in [-0.15, -0.1) is 0 Å². The largest absolute Gasteiger partial charge is 0.496 e. The number of carbonyl (C=O) groups is 2. The van der Waals surface area contributed by atoms with Gasteiger partial charge in [0.15, 0.2) is 0 Å². The van der Waals surface area contributed by atoms with Gasteiger partial charge in [-0.05, 0) is 42.0 Å². The molecule has 0 saturated carbocycles. The van der Waals surface area contributed by atoms with E-state index in [2.05, 4.69) is 26.6 Å². The van der Waals surface area contributed by atoms with E-state index in [0.29, 0.717) is 26.5 Å². The van der Waals surface area contributed by atoms with Crippen LogP contribution in [0.15, 0.2) is 76.9 Å². The summed E-state index contributed by atoms with van der Waals surface area (Å²) in [4.78, 5) is 36.6. The number of para-hydroxylation sites is 1. The molecule has 0 unspecified atom stereocenters. The predicted molar refractivity (Wildman–Crippen MR) is 129 cm³/mol. The van der Waals surface area contributed by atoms with E-state index in [9.17, 15) is 19.7 Å². The van der Waals surface area contributed by atoms with Crippen LogP contribution in [0.5, 0.6) is 5.75 Å². The van der Waals surface area contributed by atoms with Crippen molar-refractivity contribution in [1.29, 1.82) is 0 Å². The number of nitrogens with zero attached hydrogens (tertiary/aromatic N) is 1. The first-order valence-electron chi connectivity index (χ1n) is 9.45. The fourth-order valence-corrected chi connectivity index (χ4v) is 3.40. The molecule has 0 fully saturated rings. The zero-order valence-electron chi connectivity index (χ0n) is 17.2. The lowest BCUT2D eigenvalue weighted by Gasteiger charge is -2.14. The first kappa shape index (κ1) is 24.0. The third kappa shape index (κ3) is 6.18. The molecule has 3 aromatic carbocycles. The summed E-state index contributed by atoms with van der Waals surface area (Å²) in [5, 5.41) is 16.6. The predicted octanol–water partition coefficient (Wildman–Crippen LogP) is 5.43. The molecule has 0 aliphatic heterocycles. The Bertz CT molecular complexity index is 1260. The minimum atomic E-state index is -0.670. The van der Waals surface area contributed by atoms with Gasteiger partial charge in [0.25, 0.3) is 17.5 Å². The highest BCUT2D eigenvalue weighted by Crippen LogP contribution is 2.24. The zero-order chi connectivity index (χ0) is 24.0. The maximum atomic E-state index is 13.0. The molecule has 2 N–H and O–H groups in total. The molecular weight excluding hydrogens is 514 g/mol. The molecule has 0 heterocycles. The molecule has 0 saturated heterocycles. The van der Waals surface area contributed by atoms with Gasteiger partial charge in [0.2, 0.25) is 0 Å². The number of anilines is 1. The van der Waals surface area contributed by atoms with Crippen molar-refractivity contribution in [2.24, 2.45) is 0 Å². The number of nitro groups is 1. The number of nitrogens with one attached hydrogen (secondary N) is 2. The van der Waals surface area contributed by atoms with Crippen LogP contribution in [0.2, 0.25) is 5.02 Å². The quantitative estimate of drug-likeness (QED) is 0.240. The molecule has 33 heavy (non-hydrogen) atoms. The van der Waals surface area contributed by atoms with Crippen LogP contribution in [0, 0.1) is 10.1 Å². The summed E-state index contributed by atoms with van der Waals surface area (Å²) >= 11 is 9.44. The number of hydrogen-bond acceptors (Lipinski definition) is 5. The summed E-state index contributed by atoms with van der Waals surface area (Å²) in [6, 6.07) is 17.1. The van der Waals surface area contributed by atoms with Crippen LogP contribution in [0.3, 0.4) is 0 Å². The molecule has 8 nitrogen and oxygen atoms in total. The van der Waals surface area contributed by atoms with Gasteiger partial charge in [-0.2, -0.15) is 0 Å². The summed E-state index contributed by atoms with van der Waals surface area (Å²) in [6.07, 6.45) is 1.33. The standard InChI is InChI=1S/C23H17BrClN3O5/c1-33-21-10-9-15(24)13-17(21)22(29)27-20(12-14-5-4-6-16(11-14)28(31)32)23(30)26-19-8-3-2-7-18(19)25/h2-13H,1H3,(H,26,30)(H,27,29). The summed E-state index contributed by atoms with van der Waals surface area (Å²) in [5.74, 6) is -0.979. The number of halogens is 2. The van der Waals surface area contributed by atoms with Gasteiger partial charge in [-0.1, -0.05) is 51.8 Å². The summed E-state index contributed by atoms with van der Waals surface area (Å²) in [5.41, 5.74) is 0.554. The average Bonchev–Trinajstić information content (AvgIpc) is 2.80. The molecule has 3 rings (SSSR count). The Kier molecular flexibility index (Phi) is 7.81. The van der Waals surface area contributed by atoms with Crippen LogP contribution in [0.25, 0.3) is 6.08 Å². The van der Waals surface area contributed by atoms with Crippen molar-refractivity contribution in [2.45, 2.75) is 0 Å². The molecular formula is C23H17BrClN3O5. The number of nitro benzene ring substituents is 1. The number of non-ortho nitro benzene ring substituents is 1. The van der Waals surface area contributed by atoms with Crippen molar-refractivity contribution < 1.29 is 19.2 Å². The molecule has 0 aliphatic rings. The molecule has 0 bridgehead atoms. The molecule has 168 valence electrons. The number of hydrogen-bond donors (Lipinski definition) is 2. The number of rotatable bonds is 7. The third-order valence-corrected chi connectivity index (χ3v) is 5.24. The van der Waals surface area contributed by atoms with Gasteiger partial charge in [-0.3, -0.25) is 19.7 Å². The van der Waals surface area contributed by atoms with E-state index in [1.807, 2.05) is 0 Å². The average molecular weight is 531 g/mol. The molecule has 10 heteroatoms. The number of carbonyl (C=O) groups excluding carboxylic acids is 2. The van der Waals surface area contributed by atoms with Crippen molar-refractivity contribution in [3.63, 3.8) is 0 Å². The smallest absolute Gasteiger partial charge is 0.272 e. The van der Waals surface area contributed by atoms with E-state index < -0.39 is 16.7 Å². The molecule has 0 radical (unpaired) electrons. The van der Waals surface area contributed by atoms with Crippen LogP contribution in [-0.4, -0.2) is 23.8 Å². The molecule has 2 amide bonds. The number of benzene rings is 3. The maximum absolute atomic E-state index is 13.0. The van der Waals surface area contributed by atoms with E-state index >= 15 is 0 Å². The van der Waals surface area contributed by atoms with Gasteiger partial charge >= 0.3 is 0 Å². The molecule has 0 aromatic heterocycles. The highest BCUT2D eigenvalue weighted by atomic mass is 79.9. The second kappa shape index (κ2) is 10.8. The van der Waals surface area contributed by atoms with Crippen LogP contribution < -0.4 is 15.4 Å². The van der Waals surface area contributed by atoms with Gasteiger partial charge in [-0.25, -0.2) is 0 Å². The van der Waals surface area contributed by atoms with E-state index in [0.717, 1.165) is 0 Å². The SMILES string of the molecule is COc1ccc(Br)cc1C(=O)NC(=Cc1cccc([N+](=O)[O-])c1)C(=O)Nc1ccccc1Cl. The topological polar surface area (TPSA) is 111 Å². The Balaban J connectivity index is 2.00. The minimum Gasteiger partial charge on any atom is -0.496 e. The number of ether oxygens (including phenoxy) is 1. The lowest BCUT2D eigenvalue weighted by molar-refractivity contribution is -0.384. The Labute approximate surface area is 202 Å². The van der Waals surface area contributed by atoms with E-state index in [-0.39, 0.29) is 16.9 Å². The highest BCUT2D eigenvalue weighted by Gasteiger charge is 2.19. The normalized spacial score (nSPS) is 10.9. The first-order chi connectivity index (χ1) is 15.8. The van der Waals surface area contributed by atoms with Crippen molar-refractivity contribution in [3.8, 4) is 5.75 Å². The van der Waals surface area contributed by atoms with Crippen LogP contribution in [0.4, 0.5) is 11.4 Å². The highest BCUT2D eigenvalue weighted by molar-refractivity contribution is 9.10. The monoisotopic (exact) mass is 529 g/mol. The zero-order valence-corrected chi connectivity index (χ0v) is 19.5. The van der Waals surface area contributed by atoms with Crippen LogP contribution >= 0.6 is 27.5 Å². The second-order valence-electron chi connectivity index (χ2n) is 6.64. The van der Waals surface area contributed by atoms with Gasteiger partial charge in [0.1, 0.15) is 11.4 Å². The minimum absolute atomic E-state index is 0.151. The fraction of sp³-hybridized carbons (Fsp3) is 0.0435. The Hall–Kier alpha value is -3.69. The number of amides is 2. The van der Waals surface area contributed by atoms with Gasteiger partial charge in [0.05, 0.1) is 28.3 Å². The summed E-state index contributed by atoms with van der Waals surface area (Å²) < 4.78 is 5.88. The third-order valence-electron chi connectivity index (χ3n) is 4.41. The number of methoxy groups -OCH3 is 1. The molecule has 0 aliphatic carbocycles. The van der Waals surface area contributed by atoms with Gasteiger partial charge < -0.3 is 15.4 Å². The van der Waals surface area contributed by atoms with E-state index in [4.69, 9.17) is 16.3 Å². The van der Waals surface area contributed by atoms with Crippen molar-refractivity contribution in [3.05, 3.63) is 103 Å². The van der Waals surface area contributed by atoms with E-state index in [1.165, 1.54) is 31.4 Å². The summed E-state index contributed by atoms with van der Waals surface area (Å²) in [7, 11) is 1.42. The summed E-state index contributed by atoms with van der Waals surface area (Å²) in [6.45, 7) is 0. The lowest BCUT2D eigenvalue weighted by Crippen LogP contribution is -2.31. The molecule has 0 spiro atoms. The second-order valence-corrected chi connectivity index (χ2v) is 7.97. The lowest BCUT2D eigenvalue weighted by atomic mass is 10.1. The Morgan fingerprint density at radius 2 is 1.85 bits per heavy atom. The Morgan fingerprint density at radius 1 is 1.09 bits per heavy atom. The van der Waals surface area contributed by atoms with Crippen molar-refractivity contribution >= 4 is 56.8 Å². The first-order valence-corrected chi connectivity index (χ1v) is 10.6. The van der Waals surface area contributed by atoms with Crippen LogP contribution in [-0.2, 0) is 4.79 Å². The molecule has 3 aromatic rings. The van der Waals surface area contributed by atoms with Gasteiger partial charge in [0, 0.05) is 16.6 Å². The van der Waals surface area contributed by atoms with Crippen LogP contribution in [0.1, 0.15) is 15.9 Å².